The predicted octanol–water partition coefficient (Wildman–Crippen LogP) is 4.61. The van der Waals surface area contributed by atoms with E-state index in [0.29, 0.717) is 11.9 Å². The van der Waals surface area contributed by atoms with E-state index in [1.165, 1.54) is 38.5 Å². The van der Waals surface area contributed by atoms with E-state index in [2.05, 4.69) is 4.90 Å². The minimum Gasteiger partial charge on any atom is -0.335 e. The normalized spacial score (nSPS) is 23.5. The van der Waals surface area contributed by atoms with Gasteiger partial charge < -0.3 is 4.90 Å². The van der Waals surface area contributed by atoms with E-state index >= 15 is 0 Å². The van der Waals surface area contributed by atoms with E-state index in [9.17, 15) is 4.79 Å². The third-order valence-electron chi connectivity index (χ3n) is 5.11. The van der Waals surface area contributed by atoms with Crippen molar-refractivity contribution in [3.63, 3.8) is 0 Å². The zero-order valence-electron chi connectivity index (χ0n) is 12.6. The Kier molecular flexibility index (Phi) is 4.84. The molecule has 1 aromatic rings. The van der Waals surface area contributed by atoms with Crippen LogP contribution < -0.4 is 0 Å². The molecule has 2 fully saturated rings. The molecule has 0 aromatic heterocycles. The molecule has 1 aromatic carbocycles. The van der Waals surface area contributed by atoms with Crippen molar-refractivity contribution in [1.82, 2.24) is 4.90 Å². The summed E-state index contributed by atoms with van der Waals surface area (Å²) in [5.74, 6) is 1.44. The van der Waals surface area contributed by atoms with Crippen LogP contribution in [0.15, 0.2) is 24.3 Å². The first-order valence-corrected chi connectivity index (χ1v) is 8.79. The van der Waals surface area contributed by atoms with Gasteiger partial charge in [0.1, 0.15) is 0 Å². The number of alkyl halides is 1. The fourth-order valence-electron chi connectivity index (χ4n) is 3.96. The van der Waals surface area contributed by atoms with Gasteiger partial charge in [0.2, 0.25) is 0 Å². The van der Waals surface area contributed by atoms with Gasteiger partial charge in [-0.25, -0.2) is 0 Å². The lowest BCUT2D eigenvalue weighted by atomic mass is 9.83. The van der Waals surface area contributed by atoms with Gasteiger partial charge in [-0.15, -0.1) is 11.6 Å². The van der Waals surface area contributed by atoms with Crippen molar-refractivity contribution >= 4 is 17.5 Å². The SMILES string of the molecule is O=C(c1ccc(CCl)cc1)N1CCCC1C1CCCCC1. The Morgan fingerprint density at radius 2 is 1.76 bits per heavy atom. The second-order valence-corrected chi connectivity index (χ2v) is 6.70. The van der Waals surface area contributed by atoms with Crippen molar-refractivity contribution in [1.29, 1.82) is 0 Å². The quantitative estimate of drug-likeness (QED) is 0.747. The molecule has 0 N–H and O–H groups in total. The van der Waals surface area contributed by atoms with E-state index in [0.717, 1.165) is 30.0 Å². The Labute approximate surface area is 132 Å². The van der Waals surface area contributed by atoms with Crippen LogP contribution in [0, 0.1) is 5.92 Å². The first-order chi connectivity index (χ1) is 10.3. The van der Waals surface area contributed by atoms with Crippen LogP contribution in [-0.4, -0.2) is 23.4 Å². The second kappa shape index (κ2) is 6.83. The lowest BCUT2D eigenvalue weighted by molar-refractivity contribution is 0.0661. The molecule has 1 amide bonds. The van der Waals surface area contributed by atoms with E-state index < -0.39 is 0 Å². The largest absolute Gasteiger partial charge is 0.335 e. The minimum absolute atomic E-state index is 0.212. The second-order valence-electron chi connectivity index (χ2n) is 6.44. The van der Waals surface area contributed by atoms with Crippen LogP contribution >= 0.6 is 11.6 Å². The molecule has 1 saturated heterocycles. The molecule has 0 radical (unpaired) electrons. The number of carbonyl (C=O) groups excluding carboxylic acids is 1. The summed E-state index contributed by atoms with van der Waals surface area (Å²) in [5, 5.41) is 0. The van der Waals surface area contributed by atoms with Gasteiger partial charge >= 0.3 is 0 Å². The highest BCUT2D eigenvalue weighted by Crippen LogP contribution is 2.35. The maximum atomic E-state index is 12.8. The van der Waals surface area contributed by atoms with Crippen molar-refractivity contribution in [3.05, 3.63) is 35.4 Å². The van der Waals surface area contributed by atoms with Gasteiger partial charge in [-0.3, -0.25) is 4.79 Å². The van der Waals surface area contributed by atoms with Gasteiger partial charge in [0.05, 0.1) is 0 Å². The highest BCUT2D eigenvalue weighted by Gasteiger charge is 2.35. The summed E-state index contributed by atoms with van der Waals surface area (Å²) in [6, 6.07) is 8.26. The van der Waals surface area contributed by atoms with Gasteiger partial charge in [0.15, 0.2) is 0 Å². The molecular formula is C18H24ClNO. The summed E-state index contributed by atoms with van der Waals surface area (Å²) < 4.78 is 0. The van der Waals surface area contributed by atoms with Gasteiger partial charge in [-0.05, 0) is 49.3 Å². The first-order valence-electron chi connectivity index (χ1n) is 8.25. The minimum atomic E-state index is 0.212. The average Bonchev–Trinajstić information content (AvgIpc) is 3.04. The average molecular weight is 306 g/mol. The molecule has 2 aliphatic rings. The molecule has 114 valence electrons. The van der Waals surface area contributed by atoms with Gasteiger partial charge in [0.25, 0.3) is 5.91 Å². The summed E-state index contributed by atoms with van der Waals surface area (Å²) >= 11 is 5.82. The number of amides is 1. The van der Waals surface area contributed by atoms with E-state index in [1.807, 2.05) is 24.3 Å². The summed E-state index contributed by atoms with van der Waals surface area (Å²) in [4.78, 5) is 14.9. The Bertz CT molecular complexity index is 478. The number of rotatable bonds is 3. The first kappa shape index (κ1) is 14.9. The van der Waals surface area contributed by atoms with E-state index in [4.69, 9.17) is 11.6 Å². The number of carbonyl (C=O) groups is 1. The Hall–Kier alpha value is -1.02. The zero-order chi connectivity index (χ0) is 14.7. The van der Waals surface area contributed by atoms with Crippen molar-refractivity contribution in [3.8, 4) is 0 Å². The van der Waals surface area contributed by atoms with Crippen LogP contribution in [0.5, 0.6) is 0 Å². The molecule has 21 heavy (non-hydrogen) atoms. The van der Waals surface area contributed by atoms with Crippen molar-refractivity contribution < 1.29 is 4.79 Å². The van der Waals surface area contributed by atoms with Crippen LogP contribution in [0.25, 0.3) is 0 Å². The van der Waals surface area contributed by atoms with E-state index in [1.54, 1.807) is 0 Å². The maximum Gasteiger partial charge on any atom is 0.254 e. The third-order valence-corrected chi connectivity index (χ3v) is 5.42. The molecule has 0 bridgehead atoms. The Balaban J connectivity index is 1.72. The Morgan fingerprint density at radius 1 is 1.05 bits per heavy atom. The lowest BCUT2D eigenvalue weighted by Gasteiger charge is -2.34. The predicted molar refractivity (Wildman–Crippen MR) is 86.6 cm³/mol. The highest BCUT2D eigenvalue weighted by molar-refractivity contribution is 6.17. The molecule has 1 aliphatic heterocycles. The number of nitrogens with zero attached hydrogens (tertiary/aromatic N) is 1. The van der Waals surface area contributed by atoms with Crippen LogP contribution in [0.4, 0.5) is 0 Å². The monoisotopic (exact) mass is 305 g/mol. The molecule has 0 spiro atoms. The molecule has 1 aliphatic carbocycles. The summed E-state index contributed by atoms with van der Waals surface area (Å²) in [5.41, 5.74) is 1.88. The fraction of sp³-hybridized carbons (Fsp3) is 0.611. The molecule has 1 unspecified atom stereocenters. The van der Waals surface area contributed by atoms with Gasteiger partial charge in [0, 0.05) is 24.0 Å². The number of hydrogen-bond donors (Lipinski definition) is 0. The van der Waals surface area contributed by atoms with Gasteiger partial charge in [-0.1, -0.05) is 31.4 Å². The number of hydrogen-bond acceptors (Lipinski definition) is 1. The lowest BCUT2D eigenvalue weighted by Crippen LogP contribution is -2.40. The van der Waals surface area contributed by atoms with Gasteiger partial charge in [-0.2, -0.15) is 0 Å². The topological polar surface area (TPSA) is 20.3 Å². The summed E-state index contributed by atoms with van der Waals surface area (Å²) in [6.45, 7) is 0.928. The van der Waals surface area contributed by atoms with Crippen molar-refractivity contribution in [2.45, 2.75) is 56.9 Å². The van der Waals surface area contributed by atoms with E-state index in [-0.39, 0.29) is 5.91 Å². The zero-order valence-corrected chi connectivity index (χ0v) is 13.3. The smallest absolute Gasteiger partial charge is 0.254 e. The van der Waals surface area contributed by atoms with Crippen LogP contribution in [0.3, 0.4) is 0 Å². The standard InChI is InChI=1S/C18H24ClNO/c19-13-14-8-10-16(11-9-14)18(21)20-12-4-7-17(20)15-5-2-1-3-6-15/h8-11,15,17H,1-7,12-13H2. The number of benzene rings is 1. The molecule has 1 saturated carbocycles. The molecule has 3 rings (SSSR count). The maximum absolute atomic E-state index is 12.8. The van der Waals surface area contributed by atoms with Crippen LogP contribution in [-0.2, 0) is 5.88 Å². The molecular weight excluding hydrogens is 282 g/mol. The Morgan fingerprint density at radius 3 is 2.43 bits per heavy atom. The molecule has 2 nitrogen and oxygen atoms in total. The fourth-order valence-corrected chi connectivity index (χ4v) is 4.13. The summed E-state index contributed by atoms with van der Waals surface area (Å²) in [6.07, 6.45) is 9.01. The molecule has 1 atom stereocenters. The highest BCUT2D eigenvalue weighted by atomic mass is 35.5. The van der Waals surface area contributed by atoms with Crippen molar-refractivity contribution in [2.24, 2.45) is 5.92 Å². The molecule has 3 heteroatoms. The van der Waals surface area contributed by atoms with Crippen molar-refractivity contribution in [2.75, 3.05) is 6.54 Å². The van der Waals surface area contributed by atoms with Crippen LogP contribution in [0.2, 0.25) is 0 Å². The number of likely N-dealkylation sites (tertiary alicyclic amines) is 1. The van der Waals surface area contributed by atoms with Crippen LogP contribution in [0.1, 0.15) is 60.9 Å². The molecule has 1 heterocycles. The number of halogens is 1. The third kappa shape index (κ3) is 3.26. The summed E-state index contributed by atoms with van der Waals surface area (Å²) in [7, 11) is 0.